The van der Waals surface area contributed by atoms with Crippen molar-refractivity contribution < 1.29 is 14.3 Å². The molecular formula is C15H19Cl2N3O3. The summed E-state index contributed by atoms with van der Waals surface area (Å²) in [4.78, 5) is 27.7. The smallest absolute Gasteiger partial charge is 0.254 e. The molecule has 126 valence electrons. The normalized spacial score (nSPS) is 15.4. The molecule has 1 saturated heterocycles. The van der Waals surface area contributed by atoms with Crippen molar-refractivity contribution in [1.82, 2.24) is 15.1 Å². The number of carbonyl (C=O) groups is 2. The summed E-state index contributed by atoms with van der Waals surface area (Å²) in [6.07, 6.45) is 0. The van der Waals surface area contributed by atoms with Gasteiger partial charge in [0, 0.05) is 38.8 Å². The molecule has 8 heteroatoms. The molecule has 0 spiro atoms. The molecule has 2 rings (SSSR count). The molecule has 23 heavy (non-hydrogen) atoms. The Balaban J connectivity index is 2.01. The van der Waals surface area contributed by atoms with E-state index in [2.05, 4.69) is 5.32 Å². The molecule has 0 aliphatic carbocycles. The van der Waals surface area contributed by atoms with Crippen LogP contribution in [0.1, 0.15) is 10.4 Å². The Morgan fingerprint density at radius 2 is 1.74 bits per heavy atom. The van der Waals surface area contributed by atoms with Crippen LogP contribution in [-0.2, 0) is 4.79 Å². The number of nitrogens with one attached hydrogen (secondary N) is 1. The van der Waals surface area contributed by atoms with Gasteiger partial charge < -0.3 is 15.0 Å². The van der Waals surface area contributed by atoms with Crippen molar-refractivity contribution in [2.75, 3.05) is 46.9 Å². The minimum atomic E-state index is -0.129. The van der Waals surface area contributed by atoms with Crippen LogP contribution in [0, 0.1) is 0 Å². The second kappa shape index (κ2) is 7.86. The maximum Gasteiger partial charge on any atom is 0.254 e. The largest absolute Gasteiger partial charge is 0.494 e. The van der Waals surface area contributed by atoms with E-state index in [9.17, 15) is 9.59 Å². The second-order valence-electron chi connectivity index (χ2n) is 5.21. The number of nitrogens with zero attached hydrogens (tertiary/aromatic N) is 2. The van der Waals surface area contributed by atoms with Crippen LogP contribution >= 0.6 is 23.2 Å². The number of hydrogen-bond donors (Lipinski definition) is 1. The summed E-state index contributed by atoms with van der Waals surface area (Å²) >= 11 is 12.2. The SMILES string of the molecule is CNC(=O)CN1CCN(C(=O)c2cc(Cl)c(OC)c(Cl)c2)CC1. The van der Waals surface area contributed by atoms with Gasteiger partial charge in [-0.3, -0.25) is 14.5 Å². The lowest BCUT2D eigenvalue weighted by molar-refractivity contribution is -0.122. The zero-order valence-corrected chi connectivity index (χ0v) is 14.6. The van der Waals surface area contributed by atoms with Gasteiger partial charge in [-0.25, -0.2) is 0 Å². The van der Waals surface area contributed by atoms with E-state index >= 15 is 0 Å². The summed E-state index contributed by atoms with van der Waals surface area (Å²) in [5.41, 5.74) is 0.431. The highest BCUT2D eigenvalue weighted by atomic mass is 35.5. The topological polar surface area (TPSA) is 61.9 Å². The van der Waals surface area contributed by atoms with Gasteiger partial charge in [-0.2, -0.15) is 0 Å². The van der Waals surface area contributed by atoms with E-state index < -0.39 is 0 Å². The highest BCUT2D eigenvalue weighted by molar-refractivity contribution is 6.37. The number of ether oxygens (including phenoxy) is 1. The fraction of sp³-hybridized carbons (Fsp3) is 0.467. The lowest BCUT2D eigenvalue weighted by atomic mass is 10.1. The summed E-state index contributed by atoms with van der Waals surface area (Å²) in [6.45, 7) is 2.75. The van der Waals surface area contributed by atoms with E-state index in [1.165, 1.54) is 7.11 Å². The first-order chi connectivity index (χ1) is 11.0. The van der Waals surface area contributed by atoms with Crippen molar-refractivity contribution in [2.24, 2.45) is 0 Å². The van der Waals surface area contributed by atoms with Crippen LogP contribution in [-0.4, -0.2) is 68.5 Å². The predicted molar refractivity (Wildman–Crippen MR) is 89.4 cm³/mol. The predicted octanol–water partition coefficient (Wildman–Crippen LogP) is 1.51. The van der Waals surface area contributed by atoms with Gasteiger partial charge in [-0.1, -0.05) is 23.2 Å². The maximum absolute atomic E-state index is 12.6. The molecule has 1 aliphatic heterocycles. The standard InChI is InChI=1S/C15H19Cl2N3O3/c1-18-13(21)9-19-3-5-20(6-4-19)15(22)10-7-11(16)14(23-2)12(17)8-10/h7-8H,3-6,9H2,1-2H3,(H,18,21). The number of piperazine rings is 1. The fourth-order valence-electron chi connectivity index (χ4n) is 2.45. The van der Waals surface area contributed by atoms with Crippen LogP contribution in [0.2, 0.25) is 10.0 Å². The molecule has 1 aromatic carbocycles. The maximum atomic E-state index is 12.6. The Hall–Kier alpha value is -1.50. The molecule has 1 heterocycles. The Bertz CT molecular complexity index is 579. The van der Waals surface area contributed by atoms with Gasteiger partial charge in [-0.15, -0.1) is 0 Å². The zero-order chi connectivity index (χ0) is 17.0. The highest BCUT2D eigenvalue weighted by Gasteiger charge is 2.24. The molecule has 0 atom stereocenters. The third-order valence-corrected chi connectivity index (χ3v) is 4.32. The Morgan fingerprint density at radius 3 is 2.22 bits per heavy atom. The summed E-state index contributed by atoms with van der Waals surface area (Å²) in [6, 6.07) is 3.12. The number of halogens is 2. The van der Waals surface area contributed by atoms with Gasteiger partial charge >= 0.3 is 0 Å². The first-order valence-electron chi connectivity index (χ1n) is 7.21. The number of benzene rings is 1. The van der Waals surface area contributed by atoms with Crippen LogP contribution in [0.15, 0.2) is 12.1 Å². The fourth-order valence-corrected chi connectivity index (χ4v) is 3.09. The molecule has 0 radical (unpaired) electrons. The quantitative estimate of drug-likeness (QED) is 0.884. The van der Waals surface area contributed by atoms with Crippen molar-refractivity contribution >= 4 is 35.0 Å². The number of hydrogen-bond acceptors (Lipinski definition) is 4. The molecule has 6 nitrogen and oxygen atoms in total. The van der Waals surface area contributed by atoms with Gasteiger partial charge in [0.15, 0.2) is 5.75 Å². The monoisotopic (exact) mass is 359 g/mol. The summed E-state index contributed by atoms with van der Waals surface area (Å²) in [5.74, 6) is 0.204. The van der Waals surface area contributed by atoms with Crippen LogP contribution in [0.5, 0.6) is 5.75 Å². The Labute approximate surface area is 145 Å². The van der Waals surface area contributed by atoms with Gasteiger partial charge in [-0.05, 0) is 12.1 Å². The van der Waals surface area contributed by atoms with Gasteiger partial charge in [0.25, 0.3) is 5.91 Å². The average molecular weight is 360 g/mol. The van der Waals surface area contributed by atoms with Crippen molar-refractivity contribution in [2.45, 2.75) is 0 Å². The molecule has 1 fully saturated rings. The summed E-state index contributed by atoms with van der Waals surface area (Å²) in [5, 5.41) is 3.21. The summed E-state index contributed by atoms with van der Waals surface area (Å²) < 4.78 is 5.08. The molecular weight excluding hydrogens is 341 g/mol. The number of rotatable bonds is 4. The number of carbonyl (C=O) groups excluding carboxylic acids is 2. The van der Waals surface area contributed by atoms with Crippen molar-refractivity contribution in [3.05, 3.63) is 27.7 Å². The first kappa shape index (κ1) is 17.8. The van der Waals surface area contributed by atoms with E-state index in [1.807, 2.05) is 4.90 Å². The minimum Gasteiger partial charge on any atom is -0.494 e. The Morgan fingerprint density at radius 1 is 1.17 bits per heavy atom. The van der Waals surface area contributed by atoms with Gasteiger partial charge in [0.1, 0.15) is 0 Å². The third-order valence-electron chi connectivity index (χ3n) is 3.75. The molecule has 0 bridgehead atoms. The van der Waals surface area contributed by atoms with Crippen LogP contribution < -0.4 is 10.1 Å². The van der Waals surface area contributed by atoms with E-state index in [1.54, 1.807) is 24.1 Å². The second-order valence-corrected chi connectivity index (χ2v) is 6.03. The molecule has 0 aromatic heterocycles. The molecule has 0 saturated carbocycles. The Kier molecular flexibility index (Phi) is 6.10. The number of methoxy groups -OCH3 is 1. The van der Waals surface area contributed by atoms with E-state index in [-0.39, 0.29) is 11.8 Å². The van der Waals surface area contributed by atoms with Crippen LogP contribution in [0.3, 0.4) is 0 Å². The first-order valence-corrected chi connectivity index (χ1v) is 7.97. The lowest BCUT2D eigenvalue weighted by Gasteiger charge is -2.34. The van der Waals surface area contributed by atoms with Crippen molar-refractivity contribution in [1.29, 1.82) is 0 Å². The molecule has 1 aromatic rings. The van der Waals surface area contributed by atoms with Crippen LogP contribution in [0.4, 0.5) is 0 Å². The van der Waals surface area contributed by atoms with Crippen molar-refractivity contribution in [3.8, 4) is 5.75 Å². The van der Waals surface area contributed by atoms with E-state index in [0.717, 1.165) is 0 Å². The molecule has 1 aliphatic rings. The van der Waals surface area contributed by atoms with E-state index in [0.29, 0.717) is 54.1 Å². The molecule has 0 unspecified atom stereocenters. The summed E-state index contributed by atoms with van der Waals surface area (Å²) in [7, 11) is 3.08. The zero-order valence-electron chi connectivity index (χ0n) is 13.1. The average Bonchev–Trinajstić information content (AvgIpc) is 2.54. The van der Waals surface area contributed by atoms with Crippen LogP contribution in [0.25, 0.3) is 0 Å². The van der Waals surface area contributed by atoms with Crippen molar-refractivity contribution in [3.63, 3.8) is 0 Å². The number of likely N-dealkylation sites (N-methyl/N-ethyl adjacent to an activating group) is 1. The van der Waals surface area contributed by atoms with Gasteiger partial charge in [0.05, 0.1) is 23.7 Å². The minimum absolute atomic E-state index is 0.0292. The number of amides is 2. The molecule has 2 amide bonds. The molecule has 1 N–H and O–H groups in total. The lowest BCUT2D eigenvalue weighted by Crippen LogP contribution is -2.50. The highest BCUT2D eigenvalue weighted by Crippen LogP contribution is 2.34. The van der Waals surface area contributed by atoms with E-state index in [4.69, 9.17) is 27.9 Å². The third kappa shape index (κ3) is 4.28. The van der Waals surface area contributed by atoms with Gasteiger partial charge in [0.2, 0.25) is 5.91 Å².